The minimum absolute atomic E-state index is 0.0199. The fourth-order valence-corrected chi connectivity index (χ4v) is 4.63. The van der Waals surface area contributed by atoms with Crippen LogP contribution < -0.4 is 16.0 Å². The number of esters is 1. The molecule has 1 rings (SSSR count). The van der Waals surface area contributed by atoms with Gasteiger partial charge in [-0.1, -0.05) is 39.8 Å². The number of aliphatic hydroxyl groups is 6. The minimum Gasteiger partial charge on any atom is -0.456 e. The topological polar surface area (TPSA) is 252 Å². The van der Waals surface area contributed by atoms with Crippen LogP contribution in [0, 0.1) is 17.8 Å². The van der Waals surface area contributed by atoms with Crippen LogP contribution in [0.3, 0.4) is 0 Å². The highest BCUT2D eigenvalue weighted by molar-refractivity contribution is 7.80. The first-order chi connectivity index (χ1) is 22.5. The molecule has 8 atom stereocenters. The van der Waals surface area contributed by atoms with Crippen LogP contribution in [0.5, 0.6) is 0 Å². The summed E-state index contributed by atoms with van der Waals surface area (Å²) >= 11 is 8.34. The van der Waals surface area contributed by atoms with Crippen LogP contribution in [0.1, 0.15) is 53.9 Å². The summed E-state index contributed by atoms with van der Waals surface area (Å²) in [6.45, 7) is 7.22. The number of cyclic esters (lactones) is 1. The van der Waals surface area contributed by atoms with E-state index in [2.05, 4.69) is 41.2 Å². The van der Waals surface area contributed by atoms with Crippen molar-refractivity contribution in [2.75, 3.05) is 24.7 Å². The van der Waals surface area contributed by atoms with E-state index in [1.165, 1.54) is 6.08 Å². The molecule has 1 saturated heterocycles. The van der Waals surface area contributed by atoms with Gasteiger partial charge < -0.3 is 51.3 Å². The van der Waals surface area contributed by atoms with Crippen molar-refractivity contribution in [1.82, 2.24) is 16.0 Å². The number of allylic oxidation sites excluding steroid dienone is 2. The van der Waals surface area contributed by atoms with Crippen molar-refractivity contribution in [3.05, 3.63) is 23.9 Å². The molecule has 0 aromatic rings. The van der Waals surface area contributed by atoms with Gasteiger partial charge in [0, 0.05) is 24.5 Å². The monoisotopic (exact) mass is 723 g/mol. The molecule has 9 N–H and O–H groups in total. The zero-order valence-electron chi connectivity index (χ0n) is 28.0. The summed E-state index contributed by atoms with van der Waals surface area (Å²) in [5, 5.41) is 59.9. The van der Waals surface area contributed by atoms with Gasteiger partial charge in [-0.15, -0.1) is 0 Å². The fraction of sp³-hybridized carbons (Fsp3) is 0.710. The molecular weight excluding hydrogens is 670 g/mol. The lowest BCUT2D eigenvalue weighted by molar-refractivity contribution is -0.153. The molecule has 1 fully saturated rings. The second kappa shape index (κ2) is 23.8. The van der Waals surface area contributed by atoms with Crippen LogP contribution in [-0.2, 0) is 28.7 Å². The average Bonchev–Trinajstić information content (AvgIpc) is 3.04. The van der Waals surface area contributed by atoms with Crippen LogP contribution in [0.25, 0.3) is 0 Å². The standard InChI is InChI=1S/C25H39N3O6S2.C6H14O6/c1-6-19-23(31)28-21(15(4)5)25(33)34-17(9-7-8-10-35)11-16(29)12-18(14(2)3)22(30)27-20(13-36)24(32)26-19;7-1-3(9)5(11)6(12)4(10)2-8/h6-7,9,14-15,17-18,20-21,35-36H,8,10-13H2,1-5H3,(H,26,32)(H,27,30)(H,28,31);3-12H,1-2H2/b9-7+,19-6-;/t17-,18-,20-,21+;3-,4-,5-,6-/m11/s1. The fourth-order valence-electron chi connectivity index (χ4n) is 4.22. The minimum atomic E-state index is -1.67. The van der Waals surface area contributed by atoms with E-state index in [-0.39, 0.29) is 41.9 Å². The molecule has 17 heteroatoms. The number of amides is 3. The normalized spacial score (nSPS) is 25.5. The van der Waals surface area contributed by atoms with E-state index in [1.54, 1.807) is 32.9 Å². The van der Waals surface area contributed by atoms with E-state index in [0.29, 0.717) is 12.2 Å². The number of rotatable bonds is 11. The highest BCUT2D eigenvalue weighted by Crippen LogP contribution is 2.20. The maximum atomic E-state index is 13.0. The summed E-state index contributed by atoms with van der Waals surface area (Å²) in [7, 11) is 0. The first kappa shape index (κ1) is 45.5. The van der Waals surface area contributed by atoms with E-state index >= 15 is 0 Å². The molecule has 1 aliphatic rings. The van der Waals surface area contributed by atoms with Gasteiger partial charge in [0.25, 0.3) is 5.91 Å². The SMILES string of the molecule is C/C=C1\NC(=O)[C@@H](CS)NC(=O)[C@@H](C(C)C)CC(=O)C[C@@H](/C=C/CCS)OC(=O)[C@H](C(C)C)NC1=O.OC[C@@H](O)[C@@H](O)[C@H](O)[C@H](O)CO. The summed E-state index contributed by atoms with van der Waals surface area (Å²) in [5.74, 6) is -3.43. The van der Waals surface area contributed by atoms with E-state index in [4.69, 9.17) is 35.4 Å². The highest BCUT2D eigenvalue weighted by atomic mass is 32.1. The molecule has 0 unspecified atom stereocenters. The van der Waals surface area contributed by atoms with Crippen LogP contribution >= 0.6 is 25.3 Å². The van der Waals surface area contributed by atoms with E-state index in [1.807, 2.05) is 13.8 Å². The van der Waals surface area contributed by atoms with Crippen molar-refractivity contribution in [3.63, 3.8) is 0 Å². The lowest BCUT2D eigenvalue weighted by Crippen LogP contribution is -2.53. The van der Waals surface area contributed by atoms with Gasteiger partial charge in [-0.3, -0.25) is 19.2 Å². The van der Waals surface area contributed by atoms with E-state index in [0.717, 1.165) is 0 Å². The maximum Gasteiger partial charge on any atom is 0.329 e. The van der Waals surface area contributed by atoms with Gasteiger partial charge in [0.2, 0.25) is 11.8 Å². The van der Waals surface area contributed by atoms with Gasteiger partial charge in [0.1, 0.15) is 54.1 Å². The summed E-state index contributed by atoms with van der Waals surface area (Å²) in [5.41, 5.74) is -0.0765. The van der Waals surface area contributed by atoms with Crippen molar-refractivity contribution in [2.24, 2.45) is 17.8 Å². The molecule has 0 spiro atoms. The first-order valence-electron chi connectivity index (χ1n) is 15.6. The summed E-state index contributed by atoms with van der Waals surface area (Å²) < 4.78 is 5.63. The predicted molar refractivity (Wildman–Crippen MR) is 183 cm³/mol. The van der Waals surface area contributed by atoms with Gasteiger partial charge in [-0.2, -0.15) is 25.3 Å². The Kier molecular flexibility index (Phi) is 22.5. The van der Waals surface area contributed by atoms with E-state index < -0.39 is 85.4 Å². The summed E-state index contributed by atoms with van der Waals surface area (Å²) in [6, 6.07) is -2.05. The predicted octanol–water partition coefficient (Wildman–Crippen LogP) is -1.60. The van der Waals surface area contributed by atoms with Crippen molar-refractivity contribution in [1.29, 1.82) is 0 Å². The Balaban J connectivity index is 0.00000155. The quantitative estimate of drug-likeness (QED) is 0.0499. The summed E-state index contributed by atoms with van der Waals surface area (Å²) in [6.07, 6.45) is -2.04. The lowest BCUT2D eigenvalue weighted by atomic mass is 9.88. The molecule has 15 nitrogen and oxygen atoms in total. The lowest BCUT2D eigenvalue weighted by Gasteiger charge is -2.26. The Morgan fingerprint density at radius 1 is 0.854 bits per heavy atom. The molecular formula is C31H53N3O12S2. The molecule has 0 aliphatic carbocycles. The first-order valence-corrected chi connectivity index (χ1v) is 16.9. The highest BCUT2D eigenvalue weighted by Gasteiger charge is 2.33. The molecule has 1 heterocycles. The van der Waals surface area contributed by atoms with Crippen molar-refractivity contribution in [2.45, 2.75) is 96.5 Å². The Labute approximate surface area is 292 Å². The number of ketones is 1. The van der Waals surface area contributed by atoms with Crippen molar-refractivity contribution in [3.8, 4) is 0 Å². The number of carbonyl (C=O) groups excluding carboxylic acids is 5. The van der Waals surface area contributed by atoms with Crippen LogP contribution in [0.15, 0.2) is 23.9 Å². The van der Waals surface area contributed by atoms with Gasteiger partial charge in [-0.25, -0.2) is 4.79 Å². The average molecular weight is 724 g/mol. The number of thiol groups is 2. The maximum absolute atomic E-state index is 13.0. The van der Waals surface area contributed by atoms with Crippen LogP contribution in [0.2, 0.25) is 0 Å². The number of Topliss-reactive ketones (excluding diaryl/α,β-unsaturated/α-hetero) is 1. The Morgan fingerprint density at radius 2 is 1.42 bits per heavy atom. The molecule has 0 aromatic carbocycles. The third-order valence-electron chi connectivity index (χ3n) is 7.26. The summed E-state index contributed by atoms with van der Waals surface area (Å²) in [4.78, 5) is 64.7. The zero-order chi connectivity index (χ0) is 37.1. The van der Waals surface area contributed by atoms with Crippen molar-refractivity contribution >= 4 is 54.7 Å². The third kappa shape index (κ3) is 15.8. The second-order valence-corrected chi connectivity index (χ2v) is 12.6. The molecule has 276 valence electrons. The Morgan fingerprint density at radius 3 is 1.85 bits per heavy atom. The molecule has 1 aliphatic heterocycles. The molecule has 3 amide bonds. The largest absolute Gasteiger partial charge is 0.456 e. The molecule has 0 saturated carbocycles. The van der Waals surface area contributed by atoms with Gasteiger partial charge in [0.15, 0.2) is 0 Å². The molecule has 48 heavy (non-hydrogen) atoms. The molecule has 0 aromatic heterocycles. The second-order valence-electron chi connectivity index (χ2n) is 11.8. The van der Waals surface area contributed by atoms with Crippen molar-refractivity contribution < 1.29 is 59.3 Å². The number of ether oxygens (including phenoxy) is 1. The zero-order valence-corrected chi connectivity index (χ0v) is 29.8. The smallest absolute Gasteiger partial charge is 0.329 e. The van der Waals surface area contributed by atoms with Gasteiger partial charge in [-0.05, 0) is 37.0 Å². The Bertz CT molecular complexity index is 1090. The van der Waals surface area contributed by atoms with Gasteiger partial charge in [0.05, 0.1) is 13.2 Å². The number of aliphatic hydroxyl groups excluding tert-OH is 6. The van der Waals surface area contributed by atoms with E-state index in [9.17, 15) is 24.0 Å². The third-order valence-corrected chi connectivity index (χ3v) is 7.88. The van der Waals surface area contributed by atoms with Gasteiger partial charge >= 0.3 is 5.97 Å². The number of hydrogen-bond acceptors (Lipinski definition) is 14. The molecule has 0 bridgehead atoms. The number of hydrogen-bond donors (Lipinski definition) is 11. The molecule has 0 radical (unpaired) electrons. The number of carbonyl (C=O) groups is 5. The van der Waals surface area contributed by atoms with Crippen LogP contribution in [0.4, 0.5) is 0 Å². The number of nitrogens with one attached hydrogen (secondary N) is 3. The van der Waals surface area contributed by atoms with Crippen LogP contribution in [-0.4, -0.2) is 127 Å². The Hall–Kier alpha value is -2.51.